The molecule has 98 valence electrons. The molecule has 18 heavy (non-hydrogen) atoms. The van der Waals surface area contributed by atoms with Crippen LogP contribution < -0.4 is 0 Å². The fraction of sp³-hybridized carbons (Fsp3) is 0.500. The topological polar surface area (TPSA) is 40.5 Å². The maximum Gasteiger partial charge on any atom is 0.335 e. The lowest BCUT2D eigenvalue weighted by Gasteiger charge is -2.25. The summed E-state index contributed by atoms with van der Waals surface area (Å²) < 4.78 is 0.872. The van der Waals surface area contributed by atoms with Crippen LogP contribution in [0.15, 0.2) is 22.7 Å². The van der Waals surface area contributed by atoms with Crippen LogP contribution in [-0.2, 0) is 6.54 Å². The summed E-state index contributed by atoms with van der Waals surface area (Å²) in [6, 6.07) is 5.82. The van der Waals surface area contributed by atoms with Gasteiger partial charge in [0, 0.05) is 17.1 Å². The van der Waals surface area contributed by atoms with Gasteiger partial charge in [-0.05, 0) is 50.4 Å². The van der Waals surface area contributed by atoms with Crippen molar-refractivity contribution < 1.29 is 9.90 Å². The van der Waals surface area contributed by atoms with Gasteiger partial charge >= 0.3 is 5.97 Å². The number of carbonyl (C=O) groups is 1. The third kappa shape index (κ3) is 3.12. The van der Waals surface area contributed by atoms with Crippen molar-refractivity contribution in [3.8, 4) is 0 Å². The average Bonchev–Trinajstić information content (AvgIpc) is 3.14. The van der Waals surface area contributed by atoms with Crippen molar-refractivity contribution in [3.05, 3.63) is 33.8 Å². The van der Waals surface area contributed by atoms with Crippen molar-refractivity contribution >= 4 is 21.9 Å². The van der Waals surface area contributed by atoms with Crippen LogP contribution in [0.3, 0.4) is 0 Å². The van der Waals surface area contributed by atoms with E-state index in [1.807, 2.05) is 6.07 Å². The SMILES string of the molecule is CC(C1CC1)N(C)Cc1ccc(C(=O)O)cc1Br. The van der Waals surface area contributed by atoms with Crippen molar-refractivity contribution in [2.24, 2.45) is 5.92 Å². The third-order valence-electron chi connectivity index (χ3n) is 3.72. The molecule has 1 atom stereocenters. The molecule has 3 nitrogen and oxygen atoms in total. The zero-order valence-corrected chi connectivity index (χ0v) is 12.3. The molecule has 2 rings (SSSR count). The lowest BCUT2D eigenvalue weighted by Crippen LogP contribution is -2.30. The van der Waals surface area contributed by atoms with Gasteiger partial charge in [0.15, 0.2) is 0 Å². The van der Waals surface area contributed by atoms with Gasteiger partial charge in [0.05, 0.1) is 5.56 Å². The first-order chi connectivity index (χ1) is 8.49. The summed E-state index contributed by atoms with van der Waals surface area (Å²) in [7, 11) is 2.13. The van der Waals surface area contributed by atoms with E-state index in [1.165, 1.54) is 12.8 Å². The molecule has 0 aliphatic heterocycles. The van der Waals surface area contributed by atoms with Gasteiger partial charge < -0.3 is 5.11 Å². The van der Waals surface area contributed by atoms with Crippen LogP contribution in [0.4, 0.5) is 0 Å². The summed E-state index contributed by atoms with van der Waals surface area (Å²) in [4.78, 5) is 13.2. The van der Waals surface area contributed by atoms with Crippen molar-refractivity contribution in [1.29, 1.82) is 0 Å². The fourth-order valence-electron chi connectivity index (χ4n) is 2.16. The van der Waals surface area contributed by atoms with E-state index in [-0.39, 0.29) is 0 Å². The summed E-state index contributed by atoms with van der Waals surface area (Å²) in [5.41, 5.74) is 1.46. The van der Waals surface area contributed by atoms with Gasteiger partial charge in [-0.1, -0.05) is 22.0 Å². The van der Waals surface area contributed by atoms with Crippen LogP contribution in [0.1, 0.15) is 35.7 Å². The molecule has 0 saturated heterocycles. The normalized spacial score (nSPS) is 16.9. The minimum atomic E-state index is -0.887. The Bertz CT molecular complexity index is 457. The fourth-order valence-corrected chi connectivity index (χ4v) is 2.66. The molecular formula is C14H18BrNO2. The van der Waals surface area contributed by atoms with E-state index in [4.69, 9.17) is 5.11 Å². The Kier molecular flexibility index (Phi) is 4.07. The lowest BCUT2D eigenvalue weighted by atomic mass is 10.1. The molecule has 0 heterocycles. The quantitative estimate of drug-likeness (QED) is 0.906. The van der Waals surface area contributed by atoms with Gasteiger partial charge in [0.2, 0.25) is 0 Å². The Hall–Kier alpha value is -0.870. The highest BCUT2D eigenvalue weighted by atomic mass is 79.9. The molecule has 1 aliphatic carbocycles. The van der Waals surface area contributed by atoms with E-state index in [2.05, 4.69) is 34.8 Å². The number of nitrogens with zero attached hydrogens (tertiary/aromatic N) is 1. The smallest absolute Gasteiger partial charge is 0.335 e. The third-order valence-corrected chi connectivity index (χ3v) is 4.46. The molecular weight excluding hydrogens is 294 g/mol. The monoisotopic (exact) mass is 311 g/mol. The molecule has 0 amide bonds. The maximum absolute atomic E-state index is 10.9. The number of aromatic carboxylic acids is 1. The largest absolute Gasteiger partial charge is 0.478 e. The molecule has 1 aliphatic rings. The molecule has 1 aromatic carbocycles. The second-order valence-electron chi connectivity index (χ2n) is 5.10. The molecule has 0 bridgehead atoms. The Labute approximate surface area is 116 Å². The van der Waals surface area contributed by atoms with E-state index >= 15 is 0 Å². The molecule has 1 unspecified atom stereocenters. The summed E-state index contributed by atoms with van der Waals surface area (Å²) in [5, 5.41) is 8.92. The highest BCUT2D eigenvalue weighted by Gasteiger charge is 2.30. The Balaban J connectivity index is 2.06. The summed E-state index contributed by atoms with van der Waals surface area (Å²) >= 11 is 3.46. The minimum absolute atomic E-state index is 0.323. The first-order valence-electron chi connectivity index (χ1n) is 6.21. The number of halogens is 1. The van der Waals surface area contributed by atoms with E-state index < -0.39 is 5.97 Å². The number of hydrogen-bond donors (Lipinski definition) is 1. The van der Waals surface area contributed by atoms with E-state index in [0.29, 0.717) is 11.6 Å². The molecule has 0 spiro atoms. The van der Waals surface area contributed by atoms with Crippen molar-refractivity contribution in [2.75, 3.05) is 7.05 Å². The minimum Gasteiger partial charge on any atom is -0.478 e. The number of benzene rings is 1. The first-order valence-corrected chi connectivity index (χ1v) is 7.00. The van der Waals surface area contributed by atoms with Crippen LogP contribution in [0.5, 0.6) is 0 Å². The number of carboxylic acids is 1. The van der Waals surface area contributed by atoms with Crippen molar-refractivity contribution in [2.45, 2.75) is 32.4 Å². The lowest BCUT2D eigenvalue weighted by molar-refractivity contribution is 0.0697. The average molecular weight is 312 g/mol. The molecule has 0 radical (unpaired) electrons. The first kappa shape index (κ1) is 13.6. The molecule has 1 N–H and O–H groups in total. The molecule has 1 saturated carbocycles. The van der Waals surface area contributed by atoms with E-state index in [0.717, 1.165) is 22.5 Å². The van der Waals surface area contributed by atoms with Crippen LogP contribution in [-0.4, -0.2) is 29.1 Å². The van der Waals surface area contributed by atoms with Crippen LogP contribution >= 0.6 is 15.9 Å². The predicted octanol–water partition coefficient (Wildman–Crippen LogP) is 3.38. The summed E-state index contributed by atoms with van der Waals surface area (Å²) in [6.45, 7) is 3.11. The van der Waals surface area contributed by atoms with Gasteiger partial charge in [-0.15, -0.1) is 0 Å². The molecule has 0 aromatic heterocycles. The van der Waals surface area contributed by atoms with Gasteiger partial charge in [-0.2, -0.15) is 0 Å². The number of rotatable bonds is 5. The number of hydrogen-bond acceptors (Lipinski definition) is 2. The maximum atomic E-state index is 10.9. The predicted molar refractivity (Wildman–Crippen MR) is 74.8 cm³/mol. The zero-order chi connectivity index (χ0) is 13.3. The van der Waals surface area contributed by atoms with E-state index in [9.17, 15) is 4.79 Å². The zero-order valence-electron chi connectivity index (χ0n) is 10.7. The van der Waals surface area contributed by atoms with Gasteiger partial charge in [-0.3, -0.25) is 4.90 Å². The Morgan fingerprint density at radius 3 is 2.72 bits per heavy atom. The van der Waals surface area contributed by atoms with Gasteiger partial charge in [0.25, 0.3) is 0 Å². The second-order valence-corrected chi connectivity index (χ2v) is 5.96. The number of carboxylic acid groups (broad SMARTS) is 1. The van der Waals surface area contributed by atoms with Gasteiger partial charge in [-0.25, -0.2) is 4.79 Å². The van der Waals surface area contributed by atoms with Crippen LogP contribution in [0.25, 0.3) is 0 Å². The van der Waals surface area contributed by atoms with Gasteiger partial charge in [0.1, 0.15) is 0 Å². The summed E-state index contributed by atoms with van der Waals surface area (Å²) in [6.07, 6.45) is 2.68. The highest BCUT2D eigenvalue weighted by Crippen LogP contribution is 2.35. The standard InChI is InChI=1S/C14H18BrNO2/c1-9(10-3-4-10)16(2)8-12-6-5-11(14(17)18)7-13(12)15/h5-7,9-10H,3-4,8H2,1-2H3,(H,17,18). The molecule has 1 aromatic rings. The van der Waals surface area contributed by atoms with E-state index in [1.54, 1.807) is 12.1 Å². The Morgan fingerprint density at radius 2 is 2.22 bits per heavy atom. The van der Waals surface area contributed by atoms with Crippen molar-refractivity contribution in [1.82, 2.24) is 4.90 Å². The second kappa shape index (κ2) is 5.41. The molecule has 1 fully saturated rings. The highest BCUT2D eigenvalue weighted by molar-refractivity contribution is 9.10. The van der Waals surface area contributed by atoms with Crippen LogP contribution in [0.2, 0.25) is 0 Å². The summed E-state index contributed by atoms with van der Waals surface area (Å²) in [5.74, 6) is -0.0472. The van der Waals surface area contributed by atoms with Crippen LogP contribution in [0, 0.1) is 5.92 Å². The van der Waals surface area contributed by atoms with Crippen molar-refractivity contribution in [3.63, 3.8) is 0 Å². The molecule has 4 heteroatoms. The Morgan fingerprint density at radius 1 is 1.56 bits per heavy atom.